The molecule has 0 fully saturated rings. The van der Waals surface area contributed by atoms with Crippen LogP contribution in [0.2, 0.25) is 0 Å². The Labute approximate surface area is 140 Å². The number of aromatic nitrogens is 1. The number of hydrogen-bond acceptors (Lipinski definition) is 6. The summed E-state index contributed by atoms with van der Waals surface area (Å²) in [6.45, 7) is 2.97. The maximum Gasteiger partial charge on any atom is 0.257 e. The smallest absolute Gasteiger partial charge is 0.257 e. The molecule has 1 aliphatic heterocycles. The van der Waals surface area contributed by atoms with Crippen LogP contribution in [-0.4, -0.2) is 30.5 Å². The Balaban J connectivity index is 1.43. The van der Waals surface area contributed by atoms with Gasteiger partial charge >= 0.3 is 0 Å². The van der Waals surface area contributed by atoms with E-state index in [1.807, 2.05) is 18.4 Å². The van der Waals surface area contributed by atoms with Crippen molar-refractivity contribution in [2.75, 3.05) is 19.4 Å². The molecule has 6 heteroatoms. The van der Waals surface area contributed by atoms with E-state index in [0.29, 0.717) is 12.5 Å². The fraction of sp³-hybridized carbons (Fsp3) is 0.353. The van der Waals surface area contributed by atoms with E-state index in [0.717, 1.165) is 25.4 Å². The van der Waals surface area contributed by atoms with Crippen molar-refractivity contribution in [3.05, 3.63) is 53.7 Å². The zero-order chi connectivity index (χ0) is 15.9. The lowest BCUT2D eigenvalue weighted by molar-refractivity contribution is 0.0843. The van der Waals surface area contributed by atoms with Crippen molar-refractivity contribution in [2.45, 2.75) is 19.2 Å². The number of benzene rings is 1. The molecular weight excluding hydrogens is 310 g/mol. The third kappa shape index (κ3) is 4.60. The summed E-state index contributed by atoms with van der Waals surface area (Å²) in [5.74, 6) is 1.30. The zero-order valence-corrected chi connectivity index (χ0v) is 13.9. The van der Waals surface area contributed by atoms with Crippen LogP contribution in [0.25, 0.3) is 0 Å². The van der Waals surface area contributed by atoms with Crippen molar-refractivity contribution in [1.29, 1.82) is 0 Å². The molecule has 0 spiro atoms. The molecule has 122 valence electrons. The molecule has 0 radical (unpaired) electrons. The monoisotopic (exact) mass is 331 g/mol. The Morgan fingerprint density at radius 1 is 1.17 bits per heavy atom. The lowest BCUT2D eigenvalue weighted by Crippen LogP contribution is -2.38. The van der Waals surface area contributed by atoms with Gasteiger partial charge < -0.3 is 14.8 Å². The Kier molecular flexibility index (Phi) is 5.74. The maximum atomic E-state index is 5.82. The molecule has 23 heavy (non-hydrogen) atoms. The first-order chi connectivity index (χ1) is 11.3. The molecule has 0 amide bonds. The molecule has 5 nitrogen and oxygen atoms in total. The van der Waals surface area contributed by atoms with Gasteiger partial charge in [0, 0.05) is 25.8 Å². The minimum Gasteiger partial charge on any atom is -0.484 e. The van der Waals surface area contributed by atoms with Gasteiger partial charge in [-0.2, -0.15) is 0 Å². The fourth-order valence-electron chi connectivity index (χ4n) is 2.36. The molecule has 0 saturated carbocycles. The molecule has 1 aromatic carbocycles. The van der Waals surface area contributed by atoms with Crippen LogP contribution in [0.1, 0.15) is 11.1 Å². The second kappa shape index (κ2) is 8.19. The van der Waals surface area contributed by atoms with E-state index in [9.17, 15) is 0 Å². The molecule has 0 aliphatic carbocycles. The van der Waals surface area contributed by atoms with Gasteiger partial charge in [-0.05, 0) is 29.5 Å². The minimum absolute atomic E-state index is 0.0116. The highest BCUT2D eigenvalue weighted by Crippen LogP contribution is 2.27. The third-order valence-electron chi connectivity index (χ3n) is 3.58. The summed E-state index contributed by atoms with van der Waals surface area (Å²) in [5.41, 5.74) is 2.54. The summed E-state index contributed by atoms with van der Waals surface area (Å²) in [4.78, 5) is 4.19. The first-order valence-electron chi connectivity index (χ1n) is 7.64. The second-order valence-electron chi connectivity index (χ2n) is 5.33. The minimum atomic E-state index is -0.0116. The van der Waals surface area contributed by atoms with E-state index in [1.165, 1.54) is 11.1 Å². The van der Waals surface area contributed by atoms with Crippen molar-refractivity contribution in [2.24, 2.45) is 0 Å². The molecule has 1 unspecified atom stereocenters. The molecule has 0 bridgehead atoms. The highest BCUT2D eigenvalue weighted by molar-refractivity contribution is 7.96. The van der Waals surface area contributed by atoms with E-state index in [4.69, 9.17) is 9.47 Å². The first-order valence-corrected chi connectivity index (χ1v) is 8.86. The quantitative estimate of drug-likeness (QED) is 0.760. The van der Waals surface area contributed by atoms with Crippen LogP contribution in [0.15, 0.2) is 42.6 Å². The van der Waals surface area contributed by atoms with Gasteiger partial charge in [0.1, 0.15) is 12.7 Å². The number of rotatable bonds is 7. The zero-order valence-electron chi connectivity index (χ0n) is 13.1. The number of hydrogen-bond donors (Lipinski definition) is 2. The van der Waals surface area contributed by atoms with Gasteiger partial charge in [0.15, 0.2) is 5.75 Å². The van der Waals surface area contributed by atoms with Gasteiger partial charge in [-0.1, -0.05) is 36.2 Å². The second-order valence-corrected chi connectivity index (χ2v) is 6.03. The number of nitrogens with zero attached hydrogens (tertiary/aromatic N) is 1. The molecule has 3 rings (SSSR count). The van der Waals surface area contributed by atoms with Gasteiger partial charge in [-0.25, -0.2) is 4.98 Å². The number of fused-ring (bicyclic) bond motifs is 1. The molecule has 2 heterocycles. The molecule has 1 atom stereocenters. The lowest BCUT2D eigenvalue weighted by Gasteiger charge is -2.25. The fourth-order valence-corrected chi connectivity index (χ4v) is 2.67. The number of pyridine rings is 1. The normalized spacial score (nSPS) is 16.3. The van der Waals surface area contributed by atoms with Crippen LogP contribution in [-0.2, 0) is 13.1 Å². The number of ether oxygens (including phenoxy) is 2. The van der Waals surface area contributed by atoms with Gasteiger partial charge in [-0.15, -0.1) is 0 Å². The van der Waals surface area contributed by atoms with Crippen molar-refractivity contribution in [3.8, 4) is 11.6 Å². The van der Waals surface area contributed by atoms with Crippen molar-refractivity contribution >= 4 is 11.9 Å². The first kappa shape index (κ1) is 16.1. The Hall–Kier alpha value is -1.76. The molecule has 2 N–H and O–H groups in total. The summed E-state index contributed by atoms with van der Waals surface area (Å²) in [6.07, 6.45) is 3.73. The summed E-state index contributed by atoms with van der Waals surface area (Å²) in [5, 5.41) is 3.41. The molecule has 2 aromatic rings. The van der Waals surface area contributed by atoms with E-state index in [-0.39, 0.29) is 6.10 Å². The average Bonchev–Trinajstić information content (AvgIpc) is 2.61. The SMILES string of the molecule is CSNCc1ccc(CNCC2COc3cccnc3O2)cc1. The van der Waals surface area contributed by atoms with Crippen LogP contribution in [0, 0.1) is 0 Å². The van der Waals surface area contributed by atoms with Gasteiger partial charge in [-0.3, -0.25) is 4.72 Å². The van der Waals surface area contributed by atoms with Crippen LogP contribution in [0.5, 0.6) is 11.6 Å². The van der Waals surface area contributed by atoms with E-state index < -0.39 is 0 Å². The third-order valence-corrected chi connectivity index (χ3v) is 4.02. The van der Waals surface area contributed by atoms with Crippen molar-refractivity contribution in [3.63, 3.8) is 0 Å². The molecule has 0 saturated heterocycles. The van der Waals surface area contributed by atoms with E-state index in [2.05, 4.69) is 39.3 Å². The Morgan fingerprint density at radius 3 is 2.74 bits per heavy atom. The van der Waals surface area contributed by atoms with Crippen molar-refractivity contribution in [1.82, 2.24) is 15.0 Å². The highest BCUT2D eigenvalue weighted by Gasteiger charge is 2.21. The predicted molar refractivity (Wildman–Crippen MR) is 92.7 cm³/mol. The Bertz CT molecular complexity index is 621. The predicted octanol–water partition coefficient (Wildman–Crippen LogP) is 2.38. The highest BCUT2D eigenvalue weighted by atomic mass is 32.2. The van der Waals surface area contributed by atoms with Crippen LogP contribution >= 0.6 is 11.9 Å². The standard InChI is InChI=1S/C17H21N3O2S/c1-23-20-10-14-6-4-13(5-7-14)9-18-11-15-12-21-16-3-2-8-19-17(16)22-15/h2-8,15,18,20H,9-12H2,1H3. The van der Waals surface area contributed by atoms with Gasteiger partial charge in [0.05, 0.1) is 0 Å². The molecule has 1 aromatic heterocycles. The molecule has 1 aliphatic rings. The van der Waals surface area contributed by atoms with Crippen LogP contribution < -0.4 is 19.5 Å². The van der Waals surface area contributed by atoms with Gasteiger partial charge in [0.25, 0.3) is 5.88 Å². The van der Waals surface area contributed by atoms with Crippen LogP contribution in [0.3, 0.4) is 0 Å². The van der Waals surface area contributed by atoms with Crippen molar-refractivity contribution < 1.29 is 9.47 Å². The summed E-state index contributed by atoms with van der Waals surface area (Å²) < 4.78 is 14.7. The van der Waals surface area contributed by atoms with Gasteiger partial charge in [0.2, 0.25) is 0 Å². The molecular formula is C17H21N3O2S. The number of nitrogens with one attached hydrogen (secondary N) is 2. The summed E-state index contributed by atoms with van der Waals surface area (Å²) >= 11 is 1.63. The lowest BCUT2D eigenvalue weighted by atomic mass is 10.1. The van der Waals surface area contributed by atoms with E-state index >= 15 is 0 Å². The summed E-state index contributed by atoms with van der Waals surface area (Å²) in [7, 11) is 0. The maximum absolute atomic E-state index is 5.82. The largest absolute Gasteiger partial charge is 0.484 e. The summed E-state index contributed by atoms with van der Waals surface area (Å²) in [6, 6.07) is 12.3. The Morgan fingerprint density at radius 2 is 1.96 bits per heavy atom. The van der Waals surface area contributed by atoms with Crippen LogP contribution in [0.4, 0.5) is 0 Å². The van der Waals surface area contributed by atoms with E-state index in [1.54, 1.807) is 18.1 Å². The topological polar surface area (TPSA) is 55.4 Å². The average molecular weight is 331 g/mol.